The molecule has 0 bridgehead atoms. The molecule has 0 aliphatic rings. The summed E-state index contributed by atoms with van der Waals surface area (Å²) in [4.78, 5) is 21.6. The molecule has 116 valence electrons. The minimum Gasteiger partial charge on any atom is -0.493 e. The summed E-state index contributed by atoms with van der Waals surface area (Å²) in [7, 11) is 0. The summed E-state index contributed by atoms with van der Waals surface area (Å²) in [5, 5.41) is 10.7. The SMILES string of the molecule is CCCCCOc1cccc(OCC(=O)NCC(=O)O)c1. The van der Waals surface area contributed by atoms with E-state index in [9.17, 15) is 9.59 Å². The van der Waals surface area contributed by atoms with Crippen molar-refractivity contribution in [1.82, 2.24) is 5.32 Å². The van der Waals surface area contributed by atoms with Gasteiger partial charge in [0.2, 0.25) is 0 Å². The molecular weight excluding hydrogens is 274 g/mol. The van der Waals surface area contributed by atoms with Gasteiger partial charge in [-0.05, 0) is 18.6 Å². The van der Waals surface area contributed by atoms with Crippen LogP contribution in [0.3, 0.4) is 0 Å². The van der Waals surface area contributed by atoms with Crippen molar-refractivity contribution in [2.24, 2.45) is 0 Å². The standard InChI is InChI=1S/C15H21NO5/c1-2-3-4-8-20-12-6-5-7-13(9-12)21-11-14(17)16-10-15(18)19/h5-7,9H,2-4,8,10-11H2,1H3,(H,16,17)(H,18,19). The highest BCUT2D eigenvalue weighted by Gasteiger charge is 2.05. The molecule has 0 aromatic heterocycles. The molecule has 0 fully saturated rings. The normalized spacial score (nSPS) is 9.95. The molecule has 2 N–H and O–H groups in total. The van der Waals surface area contributed by atoms with Crippen molar-refractivity contribution in [3.8, 4) is 11.5 Å². The van der Waals surface area contributed by atoms with Crippen molar-refractivity contribution in [2.45, 2.75) is 26.2 Å². The average molecular weight is 295 g/mol. The van der Waals surface area contributed by atoms with Crippen molar-refractivity contribution in [3.63, 3.8) is 0 Å². The van der Waals surface area contributed by atoms with Crippen LogP contribution in [0.15, 0.2) is 24.3 Å². The molecule has 6 nitrogen and oxygen atoms in total. The van der Waals surface area contributed by atoms with E-state index in [1.807, 2.05) is 6.07 Å². The number of amides is 1. The van der Waals surface area contributed by atoms with E-state index >= 15 is 0 Å². The fourth-order valence-corrected chi connectivity index (χ4v) is 1.57. The van der Waals surface area contributed by atoms with E-state index in [-0.39, 0.29) is 6.61 Å². The lowest BCUT2D eigenvalue weighted by molar-refractivity contribution is -0.138. The first-order chi connectivity index (χ1) is 10.1. The average Bonchev–Trinajstić information content (AvgIpc) is 2.48. The number of carboxylic acid groups (broad SMARTS) is 1. The maximum absolute atomic E-state index is 11.3. The predicted octanol–water partition coefficient (Wildman–Crippen LogP) is 1.84. The van der Waals surface area contributed by atoms with Gasteiger partial charge in [0, 0.05) is 6.07 Å². The fourth-order valence-electron chi connectivity index (χ4n) is 1.57. The zero-order valence-electron chi connectivity index (χ0n) is 12.1. The summed E-state index contributed by atoms with van der Waals surface area (Å²) in [6, 6.07) is 7.02. The third-order valence-electron chi connectivity index (χ3n) is 2.63. The topological polar surface area (TPSA) is 84.9 Å². The van der Waals surface area contributed by atoms with Gasteiger partial charge in [-0.25, -0.2) is 0 Å². The number of benzene rings is 1. The molecule has 1 aromatic carbocycles. The summed E-state index contributed by atoms with van der Waals surface area (Å²) in [6.07, 6.45) is 3.26. The van der Waals surface area contributed by atoms with E-state index in [1.54, 1.807) is 18.2 Å². The fraction of sp³-hybridized carbons (Fsp3) is 0.467. The molecule has 6 heteroatoms. The Morgan fingerprint density at radius 2 is 1.90 bits per heavy atom. The van der Waals surface area contributed by atoms with Crippen LogP contribution < -0.4 is 14.8 Å². The first-order valence-corrected chi connectivity index (χ1v) is 6.96. The Morgan fingerprint density at radius 3 is 2.57 bits per heavy atom. The Balaban J connectivity index is 2.34. The number of carboxylic acids is 1. The summed E-state index contributed by atoms with van der Waals surface area (Å²) in [5.41, 5.74) is 0. The maximum atomic E-state index is 11.3. The second kappa shape index (κ2) is 9.63. The molecule has 0 heterocycles. The van der Waals surface area contributed by atoms with Crippen LogP contribution in [0.5, 0.6) is 11.5 Å². The van der Waals surface area contributed by atoms with Crippen LogP contribution in [-0.2, 0) is 9.59 Å². The molecular formula is C15H21NO5. The van der Waals surface area contributed by atoms with Crippen molar-refractivity contribution >= 4 is 11.9 Å². The number of ether oxygens (including phenoxy) is 2. The summed E-state index contributed by atoms with van der Waals surface area (Å²) in [6.45, 7) is 2.13. The number of carbonyl (C=O) groups excluding carboxylic acids is 1. The molecule has 0 radical (unpaired) electrons. The Kier molecular flexibility index (Phi) is 7.71. The van der Waals surface area contributed by atoms with Crippen LogP contribution >= 0.6 is 0 Å². The van der Waals surface area contributed by atoms with Crippen molar-refractivity contribution in [2.75, 3.05) is 19.8 Å². The van der Waals surface area contributed by atoms with Crippen LogP contribution in [0.25, 0.3) is 0 Å². The Bertz CT molecular complexity index is 461. The number of aliphatic carboxylic acids is 1. The summed E-state index contributed by atoms with van der Waals surface area (Å²) < 4.78 is 10.9. The minimum atomic E-state index is -1.09. The molecule has 0 spiro atoms. The van der Waals surface area contributed by atoms with Gasteiger partial charge in [0.25, 0.3) is 5.91 Å². The molecule has 0 atom stereocenters. The lowest BCUT2D eigenvalue weighted by atomic mass is 10.3. The van der Waals surface area contributed by atoms with Gasteiger partial charge in [0.1, 0.15) is 18.0 Å². The van der Waals surface area contributed by atoms with Crippen LogP contribution in [0, 0.1) is 0 Å². The smallest absolute Gasteiger partial charge is 0.322 e. The van der Waals surface area contributed by atoms with Gasteiger partial charge < -0.3 is 19.9 Å². The Hall–Kier alpha value is -2.24. The Morgan fingerprint density at radius 1 is 1.19 bits per heavy atom. The quantitative estimate of drug-likeness (QED) is 0.643. The highest BCUT2D eigenvalue weighted by molar-refractivity contribution is 5.82. The zero-order valence-corrected chi connectivity index (χ0v) is 12.1. The molecule has 1 aromatic rings. The molecule has 1 amide bonds. The number of rotatable bonds is 10. The van der Waals surface area contributed by atoms with Crippen LogP contribution in [0.4, 0.5) is 0 Å². The third-order valence-corrected chi connectivity index (χ3v) is 2.63. The van der Waals surface area contributed by atoms with E-state index in [2.05, 4.69) is 12.2 Å². The third kappa shape index (κ3) is 7.81. The van der Waals surface area contributed by atoms with Gasteiger partial charge in [0.05, 0.1) is 6.61 Å². The first kappa shape index (κ1) is 16.8. The monoisotopic (exact) mass is 295 g/mol. The van der Waals surface area contributed by atoms with Crippen LogP contribution in [-0.4, -0.2) is 36.7 Å². The highest BCUT2D eigenvalue weighted by Crippen LogP contribution is 2.19. The molecule has 21 heavy (non-hydrogen) atoms. The second-order valence-corrected chi connectivity index (χ2v) is 4.49. The van der Waals surface area contributed by atoms with Gasteiger partial charge in [-0.3, -0.25) is 9.59 Å². The van der Waals surface area contributed by atoms with Crippen molar-refractivity contribution in [3.05, 3.63) is 24.3 Å². The second-order valence-electron chi connectivity index (χ2n) is 4.49. The molecule has 0 aliphatic heterocycles. The van der Waals surface area contributed by atoms with Gasteiger partial charge in [0.15, 0.2) is 6.61 Å². The van der Waals surface area contributed by atoms with E-state index in [0.29, 0.717) is 18.1 Å². The molecule has 0 saturated carbocycles. The van der Waals surface area contributed by atoms with Crippen LogP contribution in [0.1, 0.15) is 26.2 Å². The lowest BCUT2D eigenvalue weighted by Crippen LogP contribution is -2.33. The van der Waals surface area contributed by atoms with Gasteiger partial charge in [-0.2, -0.15) is 0 Å². The van der Waals surface area contributed by atoms with E-state index in [0.717, 1.165) is 19.3 Å². The first-order valence-electron chi connectivity index (χ1n) is 6.96. The summed E-state index contributed by atoms with van der Waals surface area (Å²) >= 11 is 0. The zero-order chi connectivity index (χ0) is 15.5. The van der Waals surface area contributed by atoms with E-state index in [1.165, 1.54) is 0 Å². The summed E-state index contributed by atoms with van der Waals surface area (Å²) in [5.74, 6) is -0.375. The lowest BCUT2D eigenvalue weighted by Gasteiger charge is -2.09. The number of hydrogen-bond donors (Lipinski definition) is 2. The number of nitrogens with one attached hydrogen (secondary N) is 1. The van der Waals surface area contributed by atoms with Crippen molar-refractivity contribution < 1.29 is 24.2 Å². The molecule has 0 saturated heterocycles. The van der Waals surface area contributed by atoms with E-state index in [4.69, 9.17) is 14.6 Å². The van der Waals surface area contributed by atoms with E-state index < -0.39 is 18.4 Å². The highest BCUT2D eigenvalue weighted by atomic mass is 16.5. The number of hydrogen-bond acceptors (Lipinski definition) is 4. The minimum absolute atomic E-state index is 0.230. The maximum Gasteiger partial charge on any atom is 0.322 e. The molecule has 1 rings (SSSR count). The number of unbranched alkanes of at least 4 members (excludes halogenated alkanes) is 2. The Labute approximate surface area is 124 Å². The van der Waals surface area contributed by atoms with Crippen molar-refractivity contribution in [1.29, 1.82) is 0 Å². The molecule has 0 unspecified atom stereocenters. The largest absolute Gasteiger partial charge is 0.493 e. The van der Waals surface area contributed by atoms with Crippen LogP contribution in [0.2, 0.25) is 0 Å². The van der Waals surface area contributed by atoms with Gasteiger partial charge >= 0.3 is 5.97 Å². The predicted molar refractivity (Wildman–Crippen MR) is 77.6 cm³/mol. The van der Waals surface area contributed by atoms with Gasteiger partial charge in [-0.1, -0.05) is 25.8 Å². The number of carbonyl (C=O) groups is 2. The van der Waals surface area contributed by atoms with Gasteiger partial charge in [-0.15, -0.1) is 0 Å². The molecule has 0 aliphatic carbocycles.